The van der Waals surface area contributed by atoms with Gasteiger partial charge in [-0.25, -0.2) is 0 Å². The second-order valence-electron chi connectivity index (χ2n) is 3.57. The monoisotopic (exact) mass is 198 g/mol. The normalized spacial score (nSPS) is 14.2. The molecule has 0 aliphatic heterocycles. The lowest BCUT2D eigenvalue weighted by Crippen LogP contribution is -2.35. The van der Waals surface area contributed by atoms with Crippen molar-refractivity contribution in [3.05, 3.63) is 0 Å². The van der Waals surface area contributed by atoms with Gasteiger partial charge in [-0.3, -0.25) is 4.79 Å². The molecule has 2 unspecified atom stereocenters. The summed E-state index contributed by atoms with van der Waals surface area (Å²) in [6, 6.07) is 1.66. The van der Waals surface area contributed by atoms with E-state index in [1.165, 1.54) is 4.90 Å². The Bertz CT molecular complexity index is 223. The number of rotatable bonds is 5. The van der Waals surface area contributed by atoms with Crippen LogP contribution >= 0.6 is 0 Å². The smallest absolute Gasteiger partial charge is 0.223 e. The van der Waals surface area contributed by atoms with E-state index in [-0.39, 0.29) is 17.9 Å². The number of hydrogen-bond donors (Lipinski definition) is 0. The molecule has 0 saturated heterocycles. The SMILES string of the molecule is COCC(C)CC(=O)N(C)C(C)C#N. The van der Waals surface area contributed by atoms with Gasteiger partial charge in [0.05, 0.1) is 6.07 Å². The van der Waals surface area contributed by atoms with Crippen molar-refractivity contribution in [1.82, 2.24) is 4.90 Å². The zero-order valence-electron chi connectivity index (χ0n) is 9.28. The molecule has 0 bridgehead atoms. The summed E-state index contributed by atoms with van der Waals surface area (Å²) < 4.78 is 4.94. The molecule has 0 aromatic heterocycles. The second kappa shape index (κ2) is 6.39. The molecule has 4 nitrogen and oxygen atoms in total. The van der Waals surface area contributed by atoms with E-state index < -0.39 is 0 Å². The van der Waals surface area contributed by atoms with Crippen LogP contribution in [0.25, 0.3) is 0 Å². The number of carbonyl (C=O) groups is 1. The Morgan fingerprint density at radius 1 is 1.57 bits per heavy atom. The quantitative estimate of drug-likeness (QED) is 0.663. The number of ether oxygens (including phenoxy) is 1. The minimum Gasteiger partial charge on any atom is -0.384 e. The standard InChI is InChI=1S/C10H18N2O2/c1-8(7-14-4)5-10(13)12(3)9(2)6-11/h8-9H,5,7H2,1-4H3. The van der Waals surface area contributed by atoms with Crippen molar-refractivity contribution in [1.29, 1.82) is 5.26 Å². The first-order chi connectivity index (χ1) is 6.52. The zero-order valence-corrected chi connectivity index (χ0v) is 9.28. The molecular formula is C10H18N2O2. The van der Waals surface area contributed by atoms with Gasteiger partial charge in [-0.2, -0.15) is 5.26 Å². The summed E-state index contributed by atoms with van der Waals surface area (Å²) in [5, 5.41) is 8.62. The predicted octanol–water partition coefficient (Wildman–Crippen LogP) is 1.03. The van der Waals surface area contributed by atoms with Crippen LogP contribution in [0.2, 0.25) is 0 Å². The molecular weight excluding hydrogens is 180 g/mol. The molecule has 0 aliphatic carbocycles. The molecule has 0 N–H and O–H groups in total. The fourth-order valence-corrected chi connectivity index (χ4v) is 1.09. The van der Waals surface area contributed by atoms with Gasteiger partial charge in [0.2, 0.25) is 5.91 Å². The molecule has 1 amide bonds. The van der Waals surface area contributed by atoms with E-state index in [4.69, 9.17) is 10.00 Å². The summed E-state index contributed by atoms with van der Waals surface area (Å²) in [7, 11) is 3.26. The van der Waals surface area contributed by atoms with E-state index in [0.29, 0.717) is 13.0 Å². The van der Waals surface area contributed by atoms with Gasteiger partial charge in [-0.05, 0) is 12.8 Å². The van der Waals surface area contributed by atoms with E-state index >= 15 is 0 Å². The third-order valence-electron chi connectivity index (χ3n) is 2.14. The van der Waals surface area contributed by atoms with Crippen LogP contribution in [0.15, 0.2) is 0 Å². The zero-order chi connectivity index (χ0) is 11.1. The van der Waals surface area contributed by atoms with E-state index in [1.807, 2.05) is 13.0 Å². The first-order valence-corrected chi connectivity index (χ1v) is 4.67. The van der Waals surface area contributed by atoms with Crippen LogP contribution in [0.1, 0.15) is 20.3 Å². The molecule has 0 radical (unpaired) electrons. The maximum atomic E-state index is 11.5. The molecule has 0 rings (SSSR count). The lowest BCUT2D eigenvalue weighted by molar-refractivity contribution is -0.132. The molecule has 0 spiro atoms. The molecule has 0 fully saturated rings. The summed E-state index contributed by atoms with van der Waals surface area (Å²) in [6.45, 7) is 4.23. The van der Waals surface area contributed by atoms with Gasteiger partial charge in [0.1, 0.15) is 6.04 Å². The van der Waals surface area contributed by atoms with Crippen LogP contribution in [-0.2, 0) is 9.53 Å². The minimum absolute atomic E-state index is 0.0106. The lowest BCUT2D eigenvalue weighted by atomic mass is 10.1. The average Bonchev–Trinajstić information content (AvgIpc) is 2.15. The first-order valence-electron chi connectivity index (χ1n) is 4.67. The summed E-state index contributed by atoms with van der Waals surface area (Å²) >= 11 is 0. The third kappa shape index (κ3) is 4.24. The second-order valence-corrected chi connectivity index (χ2v) is 3.57. The molecule has 0 heterocycles. The summed E-state index contributed by atoms with van der Waals surface area (Å²) in [5.41, 5.74) is 0. The van der Waals surface area contributed by atoms with Crippen LogP contribution in [0.4, 0.5) is 0 Å². The fraction of sp³-hybridized carbons (Fsp3) is 0.800. The Morgan fingerprint density at radius 2 is 2.14 bits per heavy atom. The topological polar surface area (TPSA) is 53.3 Å². The highest BCUT2D eigenvalue weighted by Crippen LogP contribution is 2.06. The predicted molar refractivity (Wildman–Crippen MR) is 53.5 cm³/mol. The van der Waals surface area contributed by atoms with Crippen LogP contribution in [0.3, 0.4) is 0 Å². The van der Waals surface area contributed by atoms with Crippen molar-refractivity contribution >= 4 is 5.91 Å². The molecule has 0 aliphatic rings. The highest BCUT2D eigenvalue weighted by Gasteiger charge is 2.17. The lowest BCUT2D eigenvalue weighted by Gasteiger charge is -2.21. The molecule has 0 aromatic rings. The van der Waals surface area contributed by atoms with Gasteiger partial charge < -0.3 is 9.64 Å². The summed E-state index contributed by atoms with van der Waals surface area (Å²) in [5.74, 6) is 0.185. The minimum atomic E-state index is -0.364. The maximum Gasteiger partial charge on any atom is 0.223 e. The first kappa shape index (κ1) is 12.9. The Labute approximate surface area is 85.5 Å². The van der Waals surface area contributed by atoms with Gasteiger partial charge in [-0.15, -0.1) is 0 Å². The third-order valence-corrected chi connectivity index (χ3v) is 2.14. The summed E-state index contributed by atoms with van der Waals surface area (Å²) in [6.07, 6.45) is 0.427. The average molecular weight is 198 g/mol. The van der Waals surface area contributed by atoms with E-state index in [2.05, 4.69) is 0 Å². The highest BCUT2D eigenvalue weighted by molar-refractivity contribution is 5.76. The Balaban J connectivity index is 4.02. The number of amides is 1. The summed E-state index contributed by atoms with van der Waals surface area (Å²) in [4.78, 5) is 13.0. The maximum absolute atomic E-state index is 11.5. The van der Waals surface area contributed by atoms with Crippen molar-refractivity contribution in [3.8, 4) is 6.07 Å². The van der Waals surface area contributed by atoms with Crippen LogP contribution in [-0.4, -0.2) is 37.6 Å². The van der Waals surface area contributed by atoms with Crippen LogP contribution in [0, 0.1) is 17.2 Å². The van der Waals surface area contributed by atoms with Crippen LogP contribution in [0.5, 0.6) is 0 Å². The largest absolute Gasteiger partial charge is 0.384 e. The molecule has 0 aromatic carbocycles. The number of methoxy groups -OCH3 is 1. The van der Waals surface area contributed by atoms with Gasteiger partial charge in [0.15, 0.2) is 0 Å². The Kier molecular flexibility index (Phi) is 5.89. The molecule has 0 saturated carbocycles. The van der Waals surface area contributed by atoms with Crippen molar-refractivity contribution < 1.29 is 9.53 Å². The molecule has 80 valence electrons. The van der Waals surface area contributed by atoms with Gasteiger partial charge >= 0.3 is 0 Å². The van der Waals surface area contributed by atoms with E-state index in [1.54, 1.807) is 21.1 Å². The Morgan fingerprint density at radius 3 is 2.57 bits per heavy atom. The van der Waals surface area contributed by atoms with Crippen molar-refractivity contribution in [3.63, 3.8) is 0 Å². The van der Waals surface area contributed by atoms with E-state index in [0.717, 1.165) is 0 Å². The van der Waals surface area contributed by atoms with E-state index in [9.17, 15) is 4.79 Å². The number of carbonyl (C=O) groups excluding carboxylic acids is 1. The fourth-order valence-electron chi connectivity index (χ4n) is 1.09. The molecule has 2 atom stereocenters. The van der Waals surface area contributed by atoms with Gasteiger partial charge in [0, 0.05) is 27.2 Å². The van der Waals surface area contributed by atoms with Crippen molar-refractivity contribution in [2.45, 2.75) is 26.3 Å². The number of nitrogens with zero attached hydrogens (tertiary/aromatic N) is 2. The van der Waals surface area contributed by atoms with Crippen molar-refractivity contribution in [2.24, 2.45) is 5.92 Å². The highest BCUT2D eigenvalue weighted by atomic mass is 16.5. The van der Waals surface area contributed by atoms with Gasteiger partial charge in [-0.1, -0.05) is 6.92 Å². The number of nitriles is 1. The van der Waals surface area contributed by atoms with Crippen molar-refractivity contribution in [2.75, 3.05) is 20.8 Å². The van der Waals surface area contributed by atoms with Crippen LogP contribution < -0.4 is 0 Å². The Hall–Kier alpha value is -1.08. The van der Waals surface area contributed by atoms with Gasteiger partial charge in [0.25, 0.3) is 0 Å². The molecule has 14 heavy (non-hydrogen) atoms. The number of hydrogen-bond acceptors (Lipinski definition) is 3. The molecule has 4 heteroatoms.